The fourth-order valence-electron chi connectivity index (χ4n) is 4.04. The third kappa shape index (κ3) is 3.58. The lowest BCUT2D eigenvalue weighted by molar-refractivity contribution is 0.217. The van der Waals surface area contributed by atoms with Crippen molar-refractivity contribution in [2.24, 2.45) is 0 Å². The molecular weight excluding hydrogens is 336 g/mol. The molecule has 0 aliphatic carbocycles. The van der Waals surface area contributed by atoms with E-state index in [1.165, 1.54) is 16.8 Å². The van der Waals surface area contributed by atoms with Gasteiger partial charge in [0.15, 0.2) is 0 Å². The Hall–Kier alpha value is -2.72. The van der Waals surface area contributed by atoms with E-state index in [1.807, 2.05) is 18.2 Å². The van der Waals surface area contributed by atoms with Gasteiger partial charge in [-0.15, -0.1) is 0 Å². The topological polar surface area (TPSA) is 37.6 Å². The first-order chi connectivity index (χ1) is 13.2. The molecule has 27 heavy (non-hydrogen) atoms. The summed E-state index contributed by atoms with van der Waals surface area (Å²) in [6, 6.07) is 18.7. The summed E-state index contributed by atoms with van der Waals surface area (Å²) >= 11 is 0. The molecule has 0 spiro atoms. The first-order valence-electron chi connectivity index (χ1n) is 9.47. The number of aryl methyl sites for hydroxylation is 2. The van der Waals surface area contributed by atoms with Crippen LogP contribution in [0.3, 0.4) is 0 Å². The predicted octanol–water partition coefficient (Wildman–Crippen LogP) is 4.51. The van der Waals surface area contributed by atoms with Gasteiger partial charge in [0, 0.05) is 37.1 Å². The Balaban J connectivity index is 1.74. The van der Waals surface area contributed by atoms with Crippen LogP contribution < -0.4 is 4.74 Å². The molecule has 0 saturated carbocycles. The van der Waals surface area contributed by atoms with E-state index >= 15 is 0 Å². The van der Waals surface area contributed by atoms with Crippen molar-refractivity contribution >= 4 is 0 Å². The molecule has 2 heterocycles. The van der Waals surface area contributed by atoms with E-state index in [0.717, 1.165) is 37.4 Å². The second-order valence-electron chi connectivity index (χ2n) is 7.26. The van der Waals surface area contributed by atoms with Crippen molar-refractivity contribution < 1.29 is 9.84 Å². The molecule has 0 bridgehead atoms. The van der Waals surface area contributed by atoms with Crippen molar-refractivity contribution in [1.82, 2.24) is 9.47 Å². The van der Waals surface area contributed by atoms with Gasteiger partial charge in [0.25, 0.3) is 0 Å². The Bertz CT molecular complexity index is 914. The number of aromatic nitrogens is 1. The molecule has 0 amide bonds. The van der Waals surface area contributed by atoms with Gasteiger partial charge in [-0.3, -0.25) is 4.90 Å². The zero-order valence-corrected chi connectivity index (χ0v) is 15.9. The molecule has 0 saturated heterocycles. The molecule has 4 heteroatoms. The van der Waals surface area contributed by atoms with Crippen LogP contribution in [0.15, 0.2) is 60.8 Å². The van der Waals surface area contributed by atoms with Gasteiger partial charge in [-0.25, -0.2) is 0 Å². The van der Waals surface area contributed by atoms with Crippen molar-refractivity contribution in [1.29, 1.82) is 0 Å². The number of phenols is 1. The van der Waals surface area contributed by atoms with E-state index in [4.69, 9.17) is 4.74 Å². The number of nitrogens with zero attached hydrogens (tertiary/aromatic N) is 2. The van der Waals surface area contributed by atoms with Gasteiger partial charge in [-0.1, -0.05) is 29.8 Å². The number of benzene rings is 2. The minimum absolute atomic E-state index is 0.147. The highest BCUT2D eigenvalue weighted by molar-refractivity contribution is 5.38. The van der Waals surface area contributed by atoms with E-state index in [2.05, 4.69) is 52.9 Å². The molecule has 1 aliphatic heterocycles. The van der Waals surface area contributed by atoms with Crippen LogP contribution in [0.4, 0.5) is 0 Å². The smallest absolute Gasteiger partial charge is 0.120 e. The first kappa shape index (κ1) is 17.7. The average molecular weight is 362 g/mol. The normalized spacial score (nSPS) is 17.3. The largest absolute Gasteiger partial charge is 0.508 e. The highest BCUT2D eigenvalue weighted by atomic mass is 16.5. The Labute approximate surface area is 160 Å². The molecule has 3 aromatic rings. The zero-order chi connectivity index (χ0) is 18.8. The van der Waals surface area contributed by atoms with Gasteiger partial charge >= 0.3 is 0 Å². The average Bonchev–Trinajstić information content (AvgIpc) is 3.06. The minimum Gasteiger partial charge on any atom is -0.508 e. The van der Waals surface area contributed by atoms with Gasteiger partial charge in [0.2, 0.25) is 0 Å². The lowest BCUT2D eigenvalue weighted by Crippen LogP contribution is -2.29. The van der Waals surface area contributed by atoms with Crippen LogP contribution in [0, 0.1) is 6.92 Å². The number of hydrogen-bond acceptors (Lipinski definition) is 3. The summed E-state index contributed by atoms with van der Waals surface area (Å²) in [5, 5.41) is 10.4. The molecule has 0 fully saturated rings. The van der Waals surface area contributed by atoms with Crippen LogP contribution in [-0.4, -0.2) is 28.2 Å². The molecule has 4 rings (SSSR count). The maximum atomic E-state index is 10.4. The van der Waals surface area contributed by atoms with E-state index in [0.29, 0.717) is 5.75 Å². The molecular formula is C23H26N2O2. The second-order valence-corrected chi connectivity index (χ2v) is 7.26. The van der Waals surface area contributed by atoms with Crippen LogP contribution in [-0.2, 0) is 13.1 Å². The quantitative estimate of drug-likeness (QED) is 0.742. The fourth-order valence-corrected chi connectivity index (χ4v) is 4.04. The summed E-state index contributed by atoms with van der Waals surface area (Å²) in [4.78, 5) is 2.47. The van der Waals surface area contributed by atoms with E-state index in [9.17, 15) is 5.11 Å². The van der Waals surface area contributed by atoms with Crippen LogP contribution in [0.2, 0.25) is 0 Å². The lowest BCUT2D eigenvalue weighted by Gasteiger charge is -2.31. The Morgan fingerprint density at radius 3 is 2.67 bits per heavy atom. The molecule has 0 radical (unpaired) electrons. The van der Waals surface area contributed by atoms with Crippen molar-refractivity contribution in [3.05, 3.63) is 83.2 Å². The van der Waals surface area contributed by atoms with Gasteiger partial charge < -0.3 is 14.4 Å². The molecule has 2 aromatic carbocycles. The van der Waals surface area contributed by atoms with Crippen LogP contribution in [0.5, 0.6) is 11.5 Å². The van der Waals surface area contributed by atoms with Gasteiger partial charge in [-0.05, 0) is 49.2 Å². The Morgan fingerprint density at radius 1 is 1.07 bits per heavy atom. The van der Waals surface area contributed by atoms with Gasteiger partial charge in [-0.2, -0.15) is 0 Å². The number of ether oxygens (including phenoxy) is 1. The number of methoxy groups -OCH3 is 1. The highest BCUT2D eigenvalue weighted by Gasteiger charge is 2.28. The van der Waals surface area contributed by atoms with Crippen molar-refractivity contribution in [2.75, 3.05) is 13.7 Å². The fraction of sp³-hybridized carbons (Fsp3) is 0.304. The number of fused-ring (bicyclic) bond motifs is 1. The third-order valence-corrected chi connectivity index (χ3v) is 5.39. The summed E-state index contributed by atoms with van der Waals surface area (Å²) in [5.41, 5.74) is 4.69. The first-order valence-corrected chi connectivity index (χ1v) is 9.47. The van der Waals surface area contributed by atoms with E-state index in [-0.39, 0.29) is 6.04 Å². The van der Waals surface area contributed by atoms with E-state index in [1.54, 1.807) is 13.2 Å². The maximum absolute atomic E-state index is 10.4. The molecule has 1 aliphatic rings. The van der Waals surface area contributed by atoms with Crippen molar-refractivity contribution in [3.8, 4) is 11.5 Å². The van der Waals surface area contributed by atoms with Crippen LogP contribution in [0.25, 0.3) is 0 Å². The molecule has 1 atom stereocenters. The molecule has 4 nitrogen and oxygen atoms in total. The molecule has 1 N–H and O–H groups in total. The number of hydrogen-bond donors (Lipinski definition) is 1. The molecule has 1 aromatic heterocycles. The van der Waals surface area contributed by atoms with Gasteiger partial charge in [0.05, 0.1) is 13.2 Å². The van der Waals surface area contributed by atoms with Crippen LogP contribution in [0.1, 0.15) is 34.8 Å². The zero-order valence-electron chi connectivity index (χ0n) is 15.9. The predicted molar refractivity (Wildman–Crippen MR) is 107 cm³/mol. The summed E-state index contributed by atoms with van der Waals surface area (Å²) in [6.07, 6.45) is 3.25. The van der Waals surface area contributed by atoms with Crippen LogP contribution >= 0.6 is 0 Å². The van der Waals surface area contributed by atoms with E-state index < -0.39 is 0 Å². The lowest BCUT2D eigenvalue weighted by atomic mass is 10.0. The Morgan fingerprint density at radius 2 is 1.89 bits per heavy atom. The minimum atomic E-state index is 0.147. The SMILES string of the molecule is COc1ccc([C@H]2c3cccn3CCCN2Cc2cc(C)ccc2O)cc1. The maximum Gasteiger partial charge on any atom is 0.120 e. The standard InChI is InChI=1S/C23H26N2O2/c1-17-6-11-22(26)19(15-17)16-25-14-4-13-24-12-3-5-21(24)23(25)18-7-9-20(27-2)10-8-18/h3,5-12,15,23,26H,4,13-14,16H2,1-2H3/t23-/m0/s1. The van der Waals surface area contributed by atoms with Crippen molar-refractivity contribution in [2.45, 2.75) is 32.5 Å². The number of phenolic OH excluding ortho intramolecular Hbond substituents is 1. The van der Waals surface area contributed by atoms with Crippen molar-refractivity contribution in [3.63, 3.8) is 0 Å². The Kier molecular flexibility index (Phi) is 4.90. The molecule has 140 valence electrons. The number of aromatic hydroxyl groups is 1. The summed E-state index contributed by atoms with van der Waals surface area (Å²) < 4.78 is 7.69. The van der Waals surface area contributed by atoms with Gasteiger partial charge in [0.1, 0.15) is 11.5 Å². The second kappa shape index (κ2) is 7.49. The summed E-state index contributed by atoms with van der Waals surface area (Å²) in [5.74, 6) is 1.24. The highest BCUT2D eigenvalue weighted by Crippen LogP contribution is 2.35. The molecule has 0 unspecified atom stereocenters. The third-order valence-electron chi connectivity index (χ3n) is 5.39. The summed E-state index contributed by atoms with van der Waals surface area (Å²) in [7, 11) is 1.69. The number of rotatable bonds is 4. The summed E-state index contributed by atoms with van der Waals surface area (Å²) in [6.45, 7) is 4.78. The monoisotopic (exact) mass is 362 g/mol.